The Balaban J connectivity index is 1.92. The summed E-state index contributed by atoms with van der Waals surface area (Å²) >= 11 is 1.35. The lowest BCUT2D eigenvalue weighted by molar-refractivity contribution is 0.256. The Bertz CT molecular complexity index is 1170. The lowest BCUT2D eigenvalue weighted by atomic mass is 10.4. The number of nitrogens with one attached hydrogen (secondary N) is 2. The smallest absolute Gasteiger partial charge is 0.335 e. The third-order valence-corrected chi connectivity index (χ3v) is 5.84. The molecule has 0 aliphatic rings. The Kier molecular flexibility index (Phi) is 6.26. The minimum absolute atomic E-state index is 0.129. The fraction of sp³-hybridized carbons (Fsp3) is 0.312. The summed E-state index contributed by atoms with van der Waals surface area (Å²) in [5, 5.41) is 6.91. The Hall–Kier alpha value is -3.13. The summed E-state index contributed by atoms with van der Waals surface area (Å²) in [6.07, 6.45) is 2.14. The van der Waals surface area contributed by atoms with Crippen molar-refractivity contribution < 1.29 is 22.7 Å². The first-order valence-corrected chi connectivity index (χ1v) is 11.3. The molecule has 30 heavy (non-hydrogen) atoms. The lowest BCUT2D eigenvalue weighted by Gasteiger charge is -2.10. The normalized spacial score (nSPS) is 11.3. The second kappa shape index (κ2) is 8.71. The third-order valence-electron chi connectivity index (χ3n) is 3.83. The Labute approximate surface area is 176 Å². The molecule has 3 rings (SSSR count). The van der Waals surface area contributed by atoms with Crippen LogP contribution in [0.3, 0.4) is 0 Å². The molecule has 3 aromatic heterocycles. The highest BCUT2D eigenvalue weighted by Crippen LogP contribution is 2.21. The van der Waals surface area contributed by atoms with E-state index in [9.17, 15) is 13.2 Å². The van der Waals surface area contributed by atoms with Crippen LogP contribution in [0, 0.1) is 0 Å². The minimum Gasteiger partial charge on any atom is -0.481 e. The van der Waals surface area contributed by atoms with Crippen molar-refractivity contribution in [3.8, 4) is 11.8 Å². The van der Waals surface area contributed by atoms with Crippen LogP contribution in [0.2, 0.25) is 0 Å². The molecule has 0 bridgehead atoms. The number of ether oxygens (including phenoxy) is 2. The molecule has 0 aromatic carbocycles. The number of rotatable bonds is 7. The largest absolute Gasteiger partial charge is 0.481 e. The van der Waals surface area contributed by atoms with Crippen molar-refractivity contribution in [3.05, 3.63) is 23.9 Å². The molecule has 0 spiro atoms. The van der Waals surface area contributed by atoms with Crippen LogP contribution >= 0.6 is 11.8 Å². The van der Waals surface area contributed by atoms with Gasteiger partial charge in [0.2, 0.25) is 22.7 Å². The number of thioether (sulfide) groups is 1. The number of carbonyl (C=O) groups is 1. The Morgan fingerprint density at radius 1 is 1.17 bits per heavy atom. The van der Waals surface area contributed by atoms with E-state index >= 15 is 0 Å². The SMILES string of the molecule is CCc1nc2ccc(SC)nn2c1S(=O)(=O)NC(=O)Nc1nc(OC)cc(OC)n1. The molecule has 0 saturated carbocycles. The van der Waals surface area contributed by atoms with Gasteiger partial charge in [0, 0.05) is 0 Å². The van der Waals surface area contributed by atoms with Crippen molar-refractivity contribution >= 4 is 39.4 Å². The van der Waals surface area contributed by atoms with Gasteiger partial charge in [-0.2, -0.15) is 28.0 Å². The van der Waals surface area contributed by atoms with Crippen LogP contribution in [0.25, 0.3) is 5.65 Å². The summed E-state index contributed by atoms with van der Waals surface area (Å²) in [4.78, 5) is 24.5. The van der Waals surface area contributed by atoms with E-state index in [-0.39, 0.29) is 28.4 Å². The van der Waals surface area contributed by atoms with Gasteiger partial charge in [-0.15, -0.1) is 11.8 Å². The van der Waals surface area contributed by atoms with Gasteiger partial charge in [-0.05, 0) is 24.8 Å². The highest BCUT2D eigenvalue weighted by molar-refractivity contribution is 7.98. The molecule has 2 amide bonds. The molecule has 14 heteroatoms. The number of methoxy groups -OCH3 is 2. The van der Waals surface area contributed by atoms with Crippen molar-refractivity contribution in [2.24, 2.45) is 0 Å². The van der Waals surface area contributed by atoms with Crippen molar-refractivity contribution in [2.45, 2.75) is 23.4 Å². The maximum absolute atomic E-state index is 13.0. The summed E-state index contributed by atoms with van der Waals surface area (Å²) < 4.78 is 39.1. The molecule has 0 aliphatic heterocycles. The summed E-state index contributed by atoms with van der Waals surface area (Å²) in [6, 6.07) is 3.73. The van der Waals surface area contributed by atoms with Gasteiger partial charge < -0.3 is 9.47 Å². The van der Waals surface area contributed by atoms with Gasteiger partial charge in [-0.3, -0.25) is 5.32 Å². The number of urea groups is 1. The number of sulfonamides is 1. The predicted molar refractivity (Wildman–Crippen MR) is 109 cm³/mol. The third kappa shape index (κ3) is 4.38. The van der Waals surface area contributed by atoms with Crippen molar-refractivity contribution in [2.75, 3.05) is 25.8 Å². The summed E-state index contributed by atoms with van der Waals surface area (Å²) in [5.74, 6) is 0.0586. The number of anilines is 1. The average Bonchev–Trinajstić information content (AvgIpc) is 3.11. The zero-order valence-electron chi connectivity index (χ0n) is 16.5. The number of hydrogen-bond donors (Lipinski definition) is 2. The summed E-state index contributed by atoms with van der Waals surface area (Å²) in [5.41, 5.74) is 0.631. The Morgan fingerprint density at radius 2 is 1.83 bits per heavy atom. The van der Waals surface area contributed by atoms with Crippen LogP contribution in [0.1, 0.15) is 12.6 Å². The maximum atomic E-state index is 13.0. The van der Waals surface area contributed by atoms with Crippen LogP contribution in [0.15, 0.2) is 28.3 Å². The Morgan fingerprint density at radius 3 is 2.40 bits per heavy atom. The number of carbonyl (C=O) groups excluding carboxylic acids is 1. The minimum atomic E-state index is -4.31. The van der Waals surface area contributed by atoms with Gasteiger partial charge >= 0.3 is 6.03 Å². The van der Waals surface area contributed by atoms with Gasteiger partial charge in [0.25, 0.3) is 10.0 Å². The van der Waals surface area contributed by atoms with E-state index in [2.05, 4.69) is 25.4 Å². The molecule has 0 aliphatic carbocycles. The maximum Gasteiger partial charge on any atom is 0.335 e. The number of hydrogen-bond acceptors (Lipinski definition) is 10. The lowest BCUT2D eigenvalue weighted by Crippen LogP contribution is -2.36. The first-order chi connectivity index (χ1) is 14.3. The van der Waals surface area contributed by atoms with E-state index in [1.54, 1.807) is 19.1 Å². The molecular weight excluding hydrogens is 434 g/mol. The van der Waals surface area contributed by atoms with Crippen LogP contribution in [0.5, 0.6) is 11.8 Å². The summed E-state index contributed by atoms with van der Waals surface area (Å²) in [7, 11) is -1.56. The first-order valence-electron chi connectivity index (χ1n) is 8.54. The number of amides is 2. The van der Waals surface area contributed by atoms with E-state index in [1.807, 2.05) is 11.0 Å². The van der Waals surface area contributed by atoms with E-state index in [0.29, 0.717) is 17.1 Å². The van der Waals surface area contributed by atoms with Crippen molar-refractivity contribution in [3.63, 3.8) is 0 Å². The quantitative estimate of drug-likeness (QED) is 0.502. The molecule has 160 valence electrons. The monoisotopic (exact) mass is 453 g/mol. The van der Waals surface area contributed by atoms with Gasteiger partial charge in [0.15, 0.2) is 5.65 Å². The first kappa shape index (κ1) is 21.6. The van der Waals surface area contributed by atoms with Gasteiger partial charge in [-0.1, -0.05) is 6.92 Å². The second-order valence-corrected chi connectivity index (χ2v) is 8.12. The predicted octanol–water partition coefficient (Wildman–Crippen LogP) is 1.33. The number of fused-ring (bicyclic) bond motifs is 1. The molecule has 2 N–H and O–H groups in total. The van der Waals surface area contributed by atoms with Crippen molar-refractivity contribution in [1.29, 1.82) is 0 Å². The number of imidazole rings is 1. The molecule has 0 saturated heterocycles. The van der Waals surface area contributed by atoms with Crippen molar-refractivity contribution in [1.82, 2.24) is 29.3 Å². The van der Waals surface area contributed by atoms with Crippen LogP contribution in [0.4, 0.5) is 10.7 Å². The fourth-order valence-corrected chi connectivity index (χ4v) is 4.14. The van der Waals surface area contributed by atoms with E-state index in [0.717, 1.165) is 0 Å². The van der Waals surface area contributed by atoms with Crippen LogP contribution < -0.4 is 19.5 Å². The molecule has 12 nitrogen and oxygen atoms in total. The standard InChI is InChI=1S/C16H19N7O5S2/c1-5-9-14(23-10(17-9)6-7-13(21-23)29-4)30(25,26)22-16(24)20-15-18-11(27-2)8-12(19-15)28-3/h6-8H,5H2,1-4H3,(H2,18,19,20,22,24). The number of aryl methyl sites for hydroxylation is 1. The highest BCUT2D eigenvalue weighted by Gasteiger charge is 2.28. The van der Waals surface area contributed by atoms with Gasteiger partial charge in [0.1, 0.15) is 5.03 Å². The van der Waals surface area contributed by atoms with Crippen LogP contribution in [-0.4, -0.2) is 59.5 Å². The molecule has 3 heterocycles. The molecular formula is C16H19N7O5S2. The topological polar surface area (TPSA) is 150 Å². The molecule has 0 fully saturated rings. The van der Waals surface area contributed by atoms with E-state index < -0.39 is 16.1 Å². The zero-order chi connectivity index (χ0) is 21.9. The van der Waals surface area contributed by atoms with E-state index in [1.165, 1.54) is 36.6 Å². The van der Waals surface area contributed by atoms with Gasteiger partial charge in [-0.25, -0.2) is 14.5 Å². The van der Waals surface area contributed by atoms with E-state index in [4.69, 9.17) is 9.47 Å². The van der Waals surface area contributed by atoms with Crippen LogP contribution in [-0.2, 0) is 16.4 Å². The zero-order valence-corrected chi connectivity index (χ0v) is 18.2. The summed E-state index contributed by atoms with van der Waals surface area (Å²) in [6.45, 7) is 1.76. The highest BCUT2D eigenvalue weighted by atomic mass is 32.2. The number of nitrogens with zero attached hydrogens (tertiary/aromatic N) is 5. The molecule has 0 radical (unpaired) electrons. The fourth-order valence-electron chi connectivity index (χ4n) is 2.52. The molecule has 3 aromatic rings. The molecule has 0 unspecified atom stereocenters. The second-order valence-electron chi connectivity index (χ2n) is 5.70. The average molecular weight is 454 g/mol. The number of aromatic nitrogens is 5. The molecule has 0 atom stereocenters. The van der Waals surface area contributed by atoms with Gasteiger partial charge in [0.05, 0.1) is 26.0 Å².